The normalized spacial score (nSPS) is 38.6. The molecule has 0 aromatic heterocycles. The molecule has 2 aliphatic heterocycles. The number of rotatable bonds is 3. The summed E-state index contributed by atoms with van der Waals surface area (Å²) < 4.78 is 5.45. The SMILES string of the molecule is NCCCN1CC2COCC(C1)C2O. The fraction of sp³-hybridized carbons (Fsp3) is 1.00. The van der Waals surface area contributed by atoms with Gasteiger partial charge in [0.1, 0.15) is 0 Å². The highest BCUT2D eigenvalue weighted by Gasteiger charge is 2.38. The van der Waals surface area contributed by atoms with Gasteiger partial charge in [0.25, 0.3) is 0 Å². The van der Waals surface area contributed by atoms with E-state index in [4.69, 9.17) is 10.5 Å². The molecule has 0 spiro atoms. The van der Waals surface area contributed by atoms with Gasteiger partial charge in [-0.05, 0) is 19.5 Å². The van der Waals surface area contributed by atoms with Crippen molar-refractivity contribution in [2.24, 2.45) is 17.6 Å². The van der Waals surface area contributed by atoms with Crippen molar-refractivity contribution in [3.63, 3.8) is 0 Å². The summed E-state index contributed by atoms with van der Waals surface area (Å²) in [5, 5.41) is 9.90. The summed E-state index contributed by atoms with van der Waals surface area (Å²) in [6.07, 6.45) is 0.911. The Morgan fingerprint density at radius 3 is 2.50 bits per heavy atom. The third kappa shape index (κ3) is 2.08. The van der Waals surface area contributed by atoms with E-state index in [1.807, 2.05) is 0 Å². The number of hydrogen-bond acceptors (Lipinski definition) is 4. The van der Waals surface area contributed by atoms with Gasteiger partial charge < -0.3 is 20.5 Å². The van der Waals surface area contributed by atoms with Gasteiger partial charge in [0, 0.05) is 24.9 Å². The minimum atomic E-state index is -0.141. The minimum absolute atomic E-state index is 0.141. The van der Waals surface area contributed by atoms with Crippen molar-refractivity contribution in [1.82, 2.24) is 4.90 Å². The van der Waals surface area contributed by atoms with E-state index in [1.54, 1.807) is 0 Å². The first kappa shape index (κ1) is 10.4. The number of aliphatic hydroxyl groups excluding tert-OH is 1. The number of hydrogen-bond donors (Lipinski definition) is 2. The van der Waals surface area contributed by atoms with Crippen molar-refractivity contribution in [3.8, 4) is 0 Å². The Bertz CT molecular complexity index is 175. The van der Waals surface area contributed by atoms with Crippen molar-refractivity contribution in [2.75, 3.05) is 39.4 Å². The van der Waals surface area contributed by atoms with E-state index < -0.39 is 0 Å². The Morgan fingerprint density at radius 2 is 1.93 bits per heavy atom. The lowest BCUT2D eigenvalue weighted by atomic mass is 9.85. The molecule has 2 unspecified atom stereocenters. The lowest BCUT2D eigenvalue weighted by Gasteiger charge is -2.44. The zero-order chi connectivity index (χ0) is 9.97. The lowest BCUT2D eigenvalue weighted by Crippen LogP contribution is -2.55. The second-order valence-corrected chi connectivity index (χ2v) is 4.45. The smallest absolute Gasteiger partial charge is 0.0665 e. The highest BCUT2D eigenvalue weighted by atomic mass is 16.5. The van der Waals surface area contributed by atoms with Crippen LogP contribution in [0.1, 0.15) is 6.42 Å². The maximum atomic E-state index is 9.90. The van der Waals surface area contributed by atoms with Crippen LogP contribution < -0.4 is 5.73 Å². The molecule has 82 valence electrons. The second-order valence-electron chi connectivity index (χ2n) is 4.45. The first-order chi connectivity index (χ1) is 6.81. The highest BCUT2D eigenvalue weighted by Crippen LogP contribution is 2.27. The van der Waals surface area contributed by atoms with Crippen LogP contribution in [0.25, 0.3) is 0 Å². The van der Waals surface area contributed by atoms with Crippen LogP contribution in [-0.2, 0) is 4.74 Å². The van der Waals surface area contributed by atoms with Gasteiger partial charge in [-0.1, -0.05) is 0 Å². The van der Waals surface area contributed by atoms with Crippen molar-refractivity contribution >= 4 is 0 Å². The predicted octanol–water partition coefficient (Wildman–Crippen LogP) is -0.726. The van der Waals surface area contributed by atoms with Crippen LogP contribution in [0, 0.1) is 11.8 Å². The molecule has 0 saturated carbocycles. The number of ether oxygens (including phenoxy) is 1. The van der Waals surface area contributed by atoms with E-state index in [9.17, 15) is 5.11 Å². The molecule has 0 aliphatic carbocycles. The fourth-order valence-electron chi connectivity index (χ4n) is 2.51. The zero-order valence-electron chi connectivity index (χ0n) is 8.56. The molecule has 2 bridgehead atoms. The van der Waals surface area contributed by atoms with Crippen LogP contribution in [0.4, 0.5) is 0 Å². The van der Waals surface area contributed by atoms with Gasteiger partial charge in [0.15, 0.2) is 0 Å². The van der Waals surface area contributed by atoms with Gasteiger partial charge in [-0.3, -0.25) is 0 Å². The van der Waals surface area contributed by atoms with Crippen molar-refractivity contribution in [2.45, 2.75) is 12.5 Å². The Morgan fingerprint density at radius 1 is 1.29 bits per heavy atom. The Kier molecular flexibility index (Phi) is 3.38. The summed E-state index contributed by atoms with van der Waals surface area (Å²) in [6, 6.07) is 0. The number of fused-ring (bicyclic) bond motifs is 2. The molecule has 2 aliphatic rings. The standard InChI is InChI=1S/C10H20N2O2/c11-2-1-3-12-4-8-6-14-7-9(5-12)10(8)13/h8-10,13H,1-7,11H2. The summed E-state index contributed by atoms with van der Waals surface area (Å²) in [7, 11) is 0. The van der Waals surface area contributed by atoms with E-state index in [-0.39, 0.29) is 6.10 Å². The molecule has 14 heavy (non-hydrogen) atoms. The zero-order valence-corrected chi connectivity index (χ0v) is 8.56. The number of aliphatic hydroxyl groups is 1. The van der Waals surface area contributed by atoms with Crippen LogP contribution >= 0.6 is 0 Å². The molecule has 3 N–H and O–H groups in total. The van der Waals surface area contributed by atoms with Gasteiger partial charge in [-0.2, -0.15) is 0 Å². The summed E-state index contributed by atoms with van der Waals surface area (Å²) in [4.78, 5) is 2.41. The monoisotopic (exact) mass is 200 g/mol. The van der Waals surface area contributed by atoms with Crippen molar-refractivity contribution < 1.29 is 9.84 Å². The van der Waals surface area contributed by atoms with Crippen molar-refractivity contribution in [3.05, 3.63) is 0 Å². The molecule has 0 amide bonds. The first-order valence-electron chi connectivity index (χ1n) is 5.49. The molecule has 2 atom stereocenters. The summed E-state index contributed by atoms with van der Waals surface area (Å²) in [6.45, 7) is 5.20. The number of piperidine rings is 1. The number of nitrogens with zero attached hydrogens (tertiary/aromatic N) is 1. The molecule has 0 aromatic rings. The van der Waals surface area contributed by atoms with Crippen LogP contribution in [0.2, 0.25) is 0 Å². The maximum absolute atomic E-state index is 9.90. The van der Waals surface area contributed by atoms with Crippen LogP contribution in [0.5, 0.6) is 0 Å². The highest BCUT2D eigenvalue weighted by molar-refractivity contribution is 4.89. The Hall–Kier alpha value is -0.160. The first-order valence-corrected chi connectivity index (χ1v) is 5.49. The quantitative estimate of drug-likeness (QED) is 0.631. The Balaban J connectivity index is 1.87. The topological polar surface area (TPSA) is 58.7 Å². The van der Waals surface area contributed by atoms with Crippen LogP contribution in [0.15, 0.2) is 0 Å². The molecule has 4 heteroatoms. The predicted molar refractivity (Wildman–Crippen MR) is 53.9 cm³/mol. The fourth-order valence-corrected chi connectivity index (χ4v) is 2.51. The average molecular weight is 200 g/mol. The average Bonchev–Trinajstić information content (AvgIpc) is 2.15. The largest absolute Gasteiger partial charge is 0.392 e. The lowest BCUT2D eigenvalue weighted by molar-refractivity contribution is -0.123. The van der Waals surface area contributed by atoms with E-state index in [1.165, 1.54) is 0 Å². The van der Waals surface area contributed by atoms with Gasteiger partial charge in [0.2, 0.25) is 0 Å². The molecule has 4 nitrogen and oxygen atoms in total. The van der Waals surface area contributed by atoms with Crippen LogP contribution in [-0.4, -0.2) is 55.5 Å². The number of likely N-dealkylation sites (tertiary alicyclic amines) is 1. The van der Waals surface area contributed by atoms with E-state index in [2.05, 4.69) is 4.90 Å². The van der Waals surface area contributed by atoms with E-state index >= 15 is 0 Å². The summed E-state index contributed by atoms with van der Waals surface area (Å²) >= 11 is 0. The molecule has 2 saturated heterocycles. The summed E-state index contributed by atoms with van der Waals surface area (Å²) in [5.41, 5.74) is 5.49. The van der Waals surface area contributed by atoms with Gasteiger partial charge in [0.05, 0.1) is 19.3 Å². The molecular formula is C10H20N2O2. The summed E-state index contributed by atoms with van der Waals surface area (Å²) in [5.74, 6) is 0.639. The molecule has 2 heterocycles. The van der Waals surface area contributed by atoms with E-state index in [0.717, 1.165) is 45.8 Å². The van der Waals surface area contributed by atoms with Crippen molar-refractivity contribution in [1.29, 1.82) is 0 Å². The second kappa shape index (κ2) is 4.57. The van der Waals surface area contributed by atoms with Gasteiger partial charge >= 0.3 is 0 Å². The number of nitrogens with two attached hydrogens (primary N) is 1. The van der Waals surface area contributed by atoms with Gasteiger partial charge in [-0.15, -0.1) is 0 Å². The minimum Gasteiger partial charge on any atom is -0.392 e. The van der Waals surface area contributed by atoms with Crippen LogP contribution in [0.3, 0.4) is 0 Å². The van der Waals surface area contributed by atoms with E-state index in [0.29, 0.717) is 11.8 Å². The third-order valence-corrected chi connectivity index (χ3v) is 3.29. The maximum Gasteiger partial charge on any atom is 0.0665 e. The molecule has 0 aromatic carbocycles. The molecule has 2 rings (SSSR count). The Labute approximate surface area is 85.0 Å². The molecule has 2 fully saturated rings. The third-order valence-electron chi connectivity index (χ3n) is 3.29. The molecular weight excluding hydrogens is 180 g/mol. The molecule has 0 radical (unpaired) electrons. The van der Waals surface area contributed by atoms with Gasteiger partial charge in [-0.25, -0.2) is 0 Å².